The number of allylic oxidation sites excluding steroid dienone is 1. The van der Waals surface area contributed by atoms with E-state index in [1.165, 1.54) is 17.3 Å². The van der Waals surface area contributed by atoms with Crippen molar-refractivity contribution in [1.29, 1.82) is 0 Å². The fourth-order valence-corrected chi connectivity index (χ4v) is 3.71. The Kier molecular flexibility index (Phi) is 6.93. The van der Waals surface area contributed by atoms with Crippen LogP contribution in [0.1, 0.15) is 37.5 Å². The molecule has 1 amide bonds. The Bertz CT molecular complexity index is 975. The number of hydrogen-bond acceptors (Lipinski definition) is 5. The second kappa shape index (κ2) is 9.60. The van der Waals surface area contributed by atoms with Crippen molar-refractivity contribution in [2.24, 2.45) is 0 Å². The van der Waals surface area contributed by atoms with Crippen molar-refractivity contribution >= 4 is 23.4 Å². The lowest BCUT2D eigenvalue weighted by molar-refractivity contribution is -0.113. The number of aryl methyl sites for hydroxylation is 1. The highest BCUT2D eigenvalue weighted by Gasteiger charge is 2.17. The highest BCUT2D eigenvalue weighted by atomic mass is 32.2. The van der Waals surface area contributed by atoms with Crippen LogP contribution in [0.2, 0.25) is 0 Å². The van der Waals surface area contributed by atoms with Crippen molar-refractivity contribution < 1.29 is 9.21 Å². The van der Waals surface area contributed by atoms with Gasteiger partial charge in [-0.1, -0.05) is 43.8 Å². The van der Waals surface area contributed by atoms with Gasteiger partial charge in [-0.3, -0.25) is 9.36 Å². The number of carbonyl (C=O) groups excluding carboxylic acids is 1. The first-order valence-electron chi connectivity index (χ1n) is 9.64. The van der Waals surface area contributed by atoms with E-state index >= 15 is 0 Å². The van der Waals surface area contributed by atoms with Crippen molar-refractivity contribution in [3.05, 3.63) is 60.6 Å². The van der Waals surface area contributed by atoms with Gasteiger partial charge in [0.05, 0.1) is 17.6 Å². The summed E-state index contributed by atoms with van der Waals surface area (Å²) in [5.74, 6) is 2.16. The molecule has 2 aromatic heterocycles. The molecule has 152 valence electrons. The second-order valence-electron chi connectivity index (χ2n) is 6.86. The molecular weight excluding hydrogens is 384 g/mol. The predicted molar refractivity (Wildman–Crippen MR) is 117 cm³/mol. The van der Waals surface area contributed by atoms with Crippen LogP contribution >= 0.6 is 11.8 Å². The lowest BCUT2D eigenvalue weighted by Gasteiger charge is -2.10. The summed E-state index contributed by atoms with van der Waals surface area (Å²) in [6.07, 6.45) is 4.50. The summed E-state index contributed by atoms with van der Waals surface area (Å²) in [4.78, 5) is 12.4. The van der Waals surface area contributed by atoms with Gasteiger partial charge in [-0.25, -0.2) is 0 Å². The third-order valence-electron chi connectivity index (χ3n) is 4.84. The average molecular weight is 411 g/mol. The number of rotatable bonds is 9. The summed E-state index contributed by atoms with van der Waals surface area (Å²) in [6.45, 7) is 10.6. The van der Waals surface area contributed by atoms with Gasteiger partial charge in [0.2, 0.25) is 5.91 Å². The molecule has 29 heavy (non-hydrogen) atoms. The van der Waals surface area contributed by atoms with Crippen molar-refractivity contribution in [1.82, 2.24) is 14.8 Å². The first-order valence-corrected chi connectivity index (χ1v) is 10.6. The van der Waals surface area contributed by atoms with Crippen LogP contribution in [0.25, 0.3) is 11.4 Å². The van der Waals surface area contributed by atoms with Crippen molar-refractivity contribution in [3.63, 3.8) is 0 Å². The number of hydrogen-bond donors (Lipinski definition) is 1. The van der Waals surface area contributed by atoms with E-state index in [2.05, 4.69) is 48.1 Å². The molecule has 0 bridgehead atoms. The van der Waals surface area contributed by atoms with Gasteiger partial charge < -0.3 is 9.73 Å². The third kappa shape index (κ3) is 4.98. The summed E-state index contributed by atoms with van der Waals surface area (Å²) >= 11 is 1.35. The molecule has 1 atom stereocenters. The Balaban J connectivity index is 1.65. The molecule has 0 aliphatic carbocycles. The molecule has 0 aliphatic heterocycles. The third-order valence-corrected chi connectivity index (χ3v) is 5.80. The first kappa shape index (κ1) is 20.9. The minimum Gasteiger partial charge on any atom is -0.469 e. The summed E-state index contributed by atoms with van der Waals surface area (Å²) in [5.41, 5.74) is 2.96. The summed E-state index contributed by atoms with van der Waals surface area (Å²) in [5, 5.41) is 12.2. The van der Waals surface area contributed by atoms with Gasteiger partial charge in [0.25, 0.3) is 0 Å². The number of carbonyl (C=O) groups is 1. The first-order chi connectivity index (χ1) is 14.0. The maximum Gasteiger partial charge on any atom is 0.234 e. The SMILES string of the molecule is C=CCn1c(SCC(=O)Nc2ccc(C(C)CC)cc2)nnc1-c1ccoc1C. The Morgan fingerprint density at radius 2 is 2.07 bits per heavy atom. The molecular formula is C22H26N4O2S. The van der Waals surface area contributed by atoms with Crippen LogP contribution in [-0.4, -0.2) is 26.4 Å². The van der Waals surface area contributed by atoms with E-state index in [-0.39, 0.29) is 11.7 Å². The van der Waals surface area contributed by atoms with Crippen molar-refractivity contribution in [2.75, 3.05) is 11.1 Å². The van der Waals surface area contributed by atoms with Crippen LogP contribution in [0.15, 0.2) is 58.8 Å². The largest absolute Gasteiger partial charge is 0.469 e. The zero-order valence-corrected chi connectivity index (χ0v) is 17.8. The van der Waals surface area contributed by atoms with Crippen LogP contribution in [0, 0.1) is 6.92 Å². The number of benzene rings is 1. The van der Waals surface area contributed by atoms with E-state index in [1.807, 2.05) is 29.7 Å². The molecule has 0 radical (unpaired) electrons. The van der Waals surface area contributed by atoms with E-state index in [0.29, 0.717) is 23.4 Å². The van der Waals surface area contributed by atoms with Crippen LogP contribution in [0.4, 0.5) is 5.69 Å². The lowest BCUT2D eigenvalue weighted by Crippen LogP contribution is -2.14. The van der Waals surface area contributed by atoms with Crippen LogP contribution in [0.3, 0.4) is 0 Å². The molecule has 3 aromatic rings. The number of thioether (sulfide) groups is 1. The quantitative estimate of drug-likeness (QED) is 0.384. The smallest absolute Gasteiger partial charge is 0.234 e. The Labute approximate surface area is 175 Å². The molecule has 0 aliphatic rings. The molecule has 0 fully saturated rings. The van der Waals surface area contributed by atoms with E-state index in [1.54, 1.807) is 12.3 Å². The molecule has 0 spiro atoms. The second-order valence-corrected chi connectivity index (χ2v) is 7.81. The minimum absolute atomic E-state index is 0.0829. The fourth-order valence-electron chi connectivity index (χ4n) is 2.96. The van der Waals surface area contributed by atoms with Gasteiger partial charge in [0.1, 0.15) is 5.76 Å². The van der Waals surface area contributed by atoms with Gasteiger partial charge in [-0.2, -0.15) is 0 Å². The van der Waals surface area contributed by atoms with Gasteiger partial charge in [-0.05, 0) is 43.0 Å². The van der Waals surface area contributed by atoms with Crippen molar-refractivity contribution in [3.8, 4) is 11.4 Å². The number of nitrogens with zero attached hydrogens (tertiary/aromatic N) is 3. The zero-order valence-electron chi connectivity index (χ0n) is 17.0. The zero-order chi connectivity index (χ0) is 20.8. The monoisotopic (exact) mass is 410 g/mol. The molecule has 1 aromatic carbocycles. The highest BCUT2D eigenvalue weighted by molar-refractivity contribution is 7.99. The molecule has 1 unspecified atom stereocenters. The van der Waals surface area contributed by atoms with E-state index in [0.717, 1.165) is 23.4 Å². The Morgan fingerprint density at radius 1 is 1.31 bits per heavy atom. The lowest BCUT2D eigenvalue weighted by atomic mass is 9.99. The van der Waals surface area contributed by atoms with Crippen LogP contribution < -0.4 is 5.32 Å². The summed E-state index contributed by atoms with van der Waals surface area (Å²) in [6, 6.07) is 9.89. The number of amides is 1. The predicted octanol–water partition coefficient (Wildman–Crippen LogP) is 5.28. The maximum absolute atomic E-state index is 12.4. The molecule has 6 nitrogen and oxygen atoms in total. The highest BCUT2D eigenvalue weighted by Crippen LogP contribution is 2.27. The van der Waals surface area contributed by atoms with Gasteiger partial charge in [-0.15, -0.1) is 16.8 Å². The number of nitrogens with one attached hydrogen (secondary N) is 1. The van der Waals surface area contributed by atoms with E-state index in [9.17, 15) is 4.79 Å². The van der Waals surface area contributed by atoms with Crippen molar-refractivity contribution in [2.45, 2.75) is 44.8 Å². The number of furan rings is 1. The average Bonchev–Trinajstić information content (AvgIpc) is 3.32. The van der Waals surface area contributed by atoms with Crippen LogP contribution in [-0.2, 0) is 11.3 Å². The van der Waals surface area contributed by atoms with Gasteiger partial charge in [0.15, 0.2) is 11.0 Å². The van der Waals surface area contributed by atoms with Crippen LogP contribution in [0.5, 0.6) is 0 Å². The fraction of sp³-hybridized carbons (Fsp3) is 0.318. The molecule has 7 heteroatoms. The molecule has 0 saturated heterocycles. The molecule has 0 saturated carbocycles. The minimum atomic E-state index is -0.0829. The van der Waals surface area contributed by atoms with E-state index < -0.39 is 0 Å². The van der Waals surface area contributed by atoms with Gasteiger partial charge >= 0.3 is 0 Å². The molecule has 1 N–H and O–H groups in total. The van der Waals surface area contributed by atoms with Gasteiger partial charge in [0, 0.05) is 12.2 Å². The van der Waals surface area contributed by atoms with E-state index in [4.69, 9.17) is 4.42 Å². The summed E-state index contributed by atoms with van der Waals surface area (Å²) in [7, 11) is 0. The standard InChI is InChI=1S/C22H26N4O2S/c1-5-12-26-21(19-11-13-28-16(19)4)24-25-22(26)29-14-20(27)23-18-9-7-17(8-10-18)15(3)6-2/h5,7-11,13,15H,1,6,12,14H2,2-4H3,(H,23,27). The number of anilines is 1. The number of aromatic nitrogens is 3. The Morgan fingerprint density at radius 3 is 2.69 bits per heavy atom. The normalized spacial score (nSPS) is 12.0. The maximum atomic E-state index is 12.4. The summed E-state index contributed by atoms with van der Waals surface area (Å²) < 4.78 is 7.31. The topological polar surface area (TPSA) is 73.0 Å². The molecule has 2 heterocycles. The Hall–Kier alpha value is -2.80. The molecule has 3 rings (SSSR count).